The van der Waals surface area contributed by atoms with Crippen molar-refractivity contribution in [1.82, 2.24) is 9.13 Å². The summed E-state index contributed by atoms with van der Waals surface area (Å²) in [6.07, 6.45) is 3.73. The maximum atomic E-state index is 12.0. The molecule has 0 saturated carbocycles. The van der Waals surface area contributed by atoms with E-state index in [1.165, 1.54) is 4.90 Å². The molecule has 0 radical (unpaired) electrons. The van der Waals surface area contributed by atoms with E-state index < -0.39 is 0 Å². The van der Waals surface area contributed by atoms with Gasteiger partial charge in [0, 0.05) is 35.6 Å². The minimum absolute atomic E-state index is 0.0821. The topological polar surface area (TPSA) is 26.9 Å². The third-order valence-electron chi connectivity index (χ3n) is 2.77. The molecular formula is C14H18N2OS. The van der Waals surface area contributed by atoms with E-state index in [9.17, 15) is 4.79 Å². The molecule has 2 aromatic rings. The Labute approximate surface area is 111 Å². The maximum absolute atomic E-state index is 12.0. The highest BCUT2D eigenvalue weighted by atomic mass is 32.2. The first-order chi connectivity index (χ1) is 8.68. The van der Waals surface area contributed by atoms with Crippen molar-refractivity contribution in [3.63, 3.8) is 0 Å². The van der Waals surface area contributed by atoms with Gasteiger partial charge in [0.1, 0.15) is 0 Å². The van der Waals surface area contributed by atoms with Gasteiger partial charge < -0.3 is 0 Å². The van der Waals surface area contributed by atoms with Crippen LogP contribution in [0.15, 0.2) is 52.4 Å². The average molecular weight is 262 g/mol. The van der Waals surface area contributed by atoms with Gasteiger partial charge in [-0.2, -0.15) is 0 Å². The van der Waals surface area contributed by atoms with Gasteiger partial charge in [0.25, 0.3) is 0 Å². The van der Waals surface area contributed by atoms with Crippen LogP contribution in [-0.4, -0.2) is 14.9 Å². The van der Waals surface area contributed by atoms with Crippen LogP contribution >= 0.6 is 11.8 Å². The zero-order valence-corrected chi connectivity index (χ0v) is 11.6. The fourth-order valence-corrected chi connectivity index (χ4v) is 2.64. The van der Waals surface area contributed by atoms with Gasteiger partial charge in [0.05, 0.1) is 0 Å². The second kappa shape index (κ2) is 5.96. The highest BCUT2D eigenvalue weighted by Crippen LogP contribution is 2.16. The first-order valence-corrected chi connectivity index (χ1v) is 7.12. The van der Waals surface area contributed by atoms with Crippen molar-refractivity contribution in [2.75, 3.05) is 5.75 Å². The van der Waals surface area contributed by atoms with E-state index in [1.807, 2.05) is 44.4 Å². The van der Waals surface area contributed by atoms with Gasteiger partial charge in [0.15, 0.2) is 0 Å². The molecule has 2 rings (SSSR count). The summed E-state index contributed by atoms with van der Waals surface area (Å²) in [5.74, 6) is 0.909. The van der Waals surface area contributed by atoms with Crippen molar-refractivity contribution in [2.24, 2.45) is 0 Å². The van der Waals surface area contributed by atoms with Gasteiger partial charge in [-0.05, 0) is 26.0 Å². The van der Waals surface area contributed by atoms with Crippen molar-refractivity contribution >= 4 is 11.8 Å². The lowest BCUT2D eigenvalue weighted by molar-refractivity contribution is 0.558. The van der Waals surface area contributed by atoms with Crippen LogP contribution in [0.4, 0.5) is 0 Å². The van der Waals surface area contributed by atoms with Crippen LogP contribution in [0.25, 0.3) is 0 Å². The summed E-state index contributed by atoms with van der Waals surface area (Å²) in [5.41, 5.74) is 0.0821. The summed E-state index contributed by atoms with van der Waals surface area (Å²) in [7, 11) is 0. The number of nitrogens with zero attached hydrogens (tertiary/aromatic N) is 2. The molecule has 0 N–H and O–H groups in total. The molecule has 0 aliphatic rings. The number of benzene rings is 1. The lowest BCUT2D eigenvalue weighted by Gasteiger charge is -2.05. The van der Waals surface area contributed by atoms with Gasteiger partial charge in [-0.25, -0.2) is 4.79 Å². The molecule has 18 heavy (non-hydrogen) atoms. The van der Waals surface area contributed by atoms with E-state index >= 15 is 0 Å². The first-order valence-electron chi connectivity index (χ1n) is 6.13. The fraction of sp³-hybridized carbons (Fsp3) is 0.357. The summed E-state index contributed by atoms with van der Waals surface area (Å²) in [6.45, 7) is 4.78. The second-order valence-corrected chi connectivity index (χ2v) is 5.60. The fourth-order valence-electron chi connectivity index (χ4n) is 1.77. The Kier molecular flexibility index (Phi) is 4.31. The van der Waals surface area contributed by atoms with Crippen molar-refractivity contribution in [3.8, 4) is 0 Å². The predicted octanol–water partition coefficient (Wildman–Crippen LogP) is 3.02. The Morgan fingerprint density at radius 3 is 2.50 bits per heavy atom. The van der Waals surface area contributed by atoms with Crippen molar-refractivity contribution < 1.29 is 0 Å². The SMILES string of the molecule is CC(C)n1ccn(CCSc2ccccc2)c1=O. The van der Waals surface area contributed by atoms with Gasteiger partial charge in [-0.1, -0.05) is 18.2 Å². The Morgan fingerprint density at radius 1 is 1.17 bits per heavy atom. The van der Waals surface area contributed by atoms with Gasteiger partial charge in [-0.15, -0.1) is 11.8 Å². The lowest BCUT2D eigenvalue weighted by atomic mass is 10.4. The Bertz CT molecular complexity index is 542. The van der Waals surface area contributed by atoms with Gasteiger partial charge in [0.2, 0.25) is 0 Å². The highest BCUT2D eigenvalue weighted by Gasteiger charge is 2.05. The molecule has 1 heterocycles. The number of aromatic nitrogens is 2. The Morgan fingerprint density at radius 2 is 1.89 bits per heavy atom. The molecule has 0 bridgehead atoms. The third-order valence-corrected chi connectivity index (χ3v) is 3.77. The summed E-state index contributed by atoms with van der Waals surface area (Å²) < 4.78 is 3.53. The molecule has 4 heteroatoms. The summed E-state index contributed by atoms with van der Waals surface area (Å²) in [6, 6.07) is 10.5. The first kappa shape index (κ1) is 13.0. The minimum atomic E-state index is 0.0821. The van der Waals surface area contributed by atoms with E-state index in [4.69, 9.17) is 0 Å². The van der Waals surface area contributed by atoms with E-state index in [-0.39, 0.29) is 11.7 Å². The minimum Gasteiger partial charge on any atom is -0.298 e. The van der Waals surface area contributed by atoms with Crippen LogP contribution in [0.5, 0.6) is 0 Å². The van der Waals surface area contributed by atoms with Crippen LogP contribution in [0.3, 0.4) is 0 Å². The van der Waals surface area contributed by atoms with Gasteiger partial charge in [-0.3, -0.25) is 9.13 Å². The normalized spacial score (nSPS) is 11.1. The van der Waals surface area contributed by atoms with Crippen LogP contribution in [0.1, 0.15) is 19.9 Å². The van der Waals surface area contributed by atoms with E-state index in [2.05, 4.69) is 12.1 Å². The third kappa shape index (κ3) is 3.07. The molecule has 96 valence electrons. The molecule has 0 spiro atoms. The van der Waals surface area contributed by atoms with Crippen LogP contribution in [0.2, 0.25) is 0 Å². The molecule has 1 aromatic carbocycles. The Balaban J connectivity index is 1.93. The average Bonchev–Trinajstić information content (AvgIpc) is 2.73. The number of thioether (sulfide) groups is 1. The quantitative estimate of drug-likeness (QED) is 0.774. The maximum Gasteiger partial charge on any atom is 0.328 e. The number of imidazole rings is 1. The zero-order valence-electron chi connectivity index (χ0n) is 10.7. The number of hydrogen-bond acceptors (Lipinski definition) is 2. The molecule has 0 aliphatic carbocycles. The summed E-state index contributed by atoms with van der Waals surface area (Å²) in [4.78, 5) is 13.2. The van der Waals surface area contributed by atoms with Crippen molar-refractivity contribution in [1.29, 1.82) is 0 Å². The molecule has 0 amide bonds. The van der Waals surface area contributed by atoms with Crippen LogP contribution in [-0.2, 0) is 6.54 Å². The molecule has 0 unspecified atom stereocenters. The molecule has 0 saturated heterocycles. The lowest BCUT2D eigenvalue weighted by Crippen LogP contribution is -2.25. The van der Waals surface area contributed by atoms with Crippen LogP contribution < -0.4 is 5.69 Å². The standard InChI is InChI=1S/C14H18N2OS/c1-12(2)16-9-8-15(14(16)17)10-11-18-13-6-4-3-5-7-13/h3-9,12H,10-11H2,1-2H3. The monoisotopic (exact) mass is 262 g/mol. The van der Waals surface area contributed by atoms with Crippen LogP contribution in [0, 0.1) is 0 Å². The number of aryl methyl sites for hydroxylation is 1. The highest BCUT2D eigenvalue weighted by molar-refractivity contribution is 7.99. The number of hydrogen-bond donors (Lipinski definition) is 0. The molecule has 1 aromatic heterocycles. The molecule has 0 aliphatic heterocycles. The second-order valence-electron chi connectivity index (χ2n) is 4.44. The van der Waals surface area contributed by atoms with E-state index in [1.54, 1.807) is 20.9 Å². The summed E-state index contributed by atoms with van der Waals surface area (Å²) >= 11 is 1.77. The Hall–Kier alpha value is -1.42. The van der Waals surface area contributed by atoms with Crippen molar-refractivity contribution in [3.05, 3.63) is 53.2 Å². The molecule has 3 nitrogen and oxygen atoms in total. The van der Waals surface area contributed by atoms with Gasteiger partial charge >= 0.3 is 5.69 Å². The van der Waals surface area contributed by atoms with E-state index in [0.717, 1.165) is 12.3 Å². The number of rotatable bonds is 5. The largest absolute Gasteiger partial charge is 0.328 e. The molecule has 0 fully saturated rings. The zero-order chi connectivity index (χ0) is 13.0. The van der Waals surface area contributed by atoms with E-state index in [0.29, 0.717) is 0 Å². The van der Waals surface area contributed by atoms with Crippen molar-refractivity contribution in [2.45, 2.75) is 31.3 Å². The summed E-state index contributed by atoms with van der Waals surface area (Å²) in [5, 5.41) is 0. The smallest absolute Gasteiger partial charge is 0.298 e. The molecule has 0 atom stereocenters. The molecular weight excluding hydrogens is 244 g/mol. The predicted molar refractivity (Wildman–Crippen MR) is 76.2 cm³/mol.